The van der Waals surface area contributed by atoms with E-state index in [1.807, 2.05) is 36.1 Å². The van der Waals surface area contributed by atoms with E-state index in [4.69, 9.17) is 4.74 Å². The highest BCUT2D eigenvalue weighted by Gasteiger charge is 2.40. The molecular weight excluding hydrogens is 359 g/mol. The molecule has 0 aliphatic carbocycles. The number of amides is 1. The smallest absolute Gasteiger partial charge is 0.238 e. The van der Waals surface area contributed by atoms with Gasteiger partial charge in [-0.1, -0.05) is 31.2 Å². The Balaban J connectivity index is 1.57. The molecular formula is C22H27FN2O3. The van der Waals surface area contributed by atoms with Crippen LogP contribution in [-0.4, -0.2) is 47.3 Å². The summed E-state index contributed by atoms with van der Waals surface area (Å²) < 4.78 is 19.2. The predicted molar refractivity (Wildman–Crippen MR) is 107 cm³/mol. The normalized spacial score (nSPS) is 22.6. The molecule has 1 fully saturated rings. The molecule has 0 spiro atoms. The topological polar surface area (TPSA) is 61.8 Å². The Morgan fingerprint density at radius 1 is 1.32 bits per heavy atom. The van der Waals surface area contributed by atoms with E-state index in [1.165, 1.54) is 12.1 Å². The van der Waals surface area contributed by atoms with E-state index in [2.05, 4.69) is 5.32 Å². The van der Waals surface area contributed by atoms with Crippen molar-refractivity contribution in [3.8, 4) is 5.75 Å². The average Bonchev–Trinajstić information content (AvgIpc) is 2.64. The first-order chi connectivity index (χ1) is 13.4. The minimum atomic E-state index is -1.15. The van der Waals surface area contributed by atoms with Crippen LogP contribution in [0.25, 0.3) is 0 Å². The number of aliphatic hydroxyl groups is 1. The van der Waals surface area contributed by atoms with Crippen LogP contribution in [0.2, 0.25) is 0 Å². The number of hydrogen-bond donors (Lipinski definition) is 2. The lowest BCUT2D eigenvalue weighted by molar-refractivity contribution is -0.123. The molecule has 0 aromatic heterocycles. The molecule has 2 atom stereocenters. The SMILES string of the molecule is CCc1ccccc1NC(=O)CN1CC[C@H](Oc2cccc(F)c2)[C@@](C)(O)C1. The van der Waals surface area contributed by atoms with Gasteiger partial charge in [-0.2, -0.15) is 0 Å². The lowest BCUT2D eigenvalue weighted by Crippen LogP contribution is -2.58. The molecule has 3 rings (SSSR count). The second-order valence-electron chi connectivity index (χ2n) is 7.48. The van der Waals surface area contributed by atoms with E-state index in [1.54, 1.807) is 19.1 Å². The van der Waals surface area contributed by atoms with E-state index in [0.717, 1.165) is 17.7 Å². The average molecular weight is 386 g/mol. The summed E-state index contributed by atoms with van der Waals surface area (Å²) in [6.07, 6.45) is 0.922. The minimum Gasteiger partial charge on any atom is -0.487 e. The van der Waals surface area contributed by atoms with Gasteiger partial charge in [-0.25, -0.2) is 4.39 Å². The number of likely N-dealkylation sites (tertiary alicyclic amines) is 1. The fourth-order valence-electron chi connectivity index (χ4n) is 3.61. The summed E-state index contributed by atoms with van der Waals surface area (Å²) in [5.41, 5.74) is 0.766. The van der Waals surface area contributed by atoms with Crippen LogP contribution in [-0.2, 0) is 11.2 Å². The third-order valence-corrected chi connectivity index (χ3v) is 5.06. The largest absolute Gasteiger partial charge is 0.487 e. The van der Waals surface area contributed by atoms with Crippen molar-refractivity contribution in [3.63, 3.8) is 0 Å². The highest BCUT2D eigenvalue weighted by atomic mass is 19.1. The van der Waals surface area contributed by atoms with Crippen LogP contribution in [0, 0.1) is 5.82 Å². The van der Waals surface area contributed by atoms with E-state index in [0.29, 0.717) is 25.3 Å². The Labute approximate surface area is 165 Å². The molecule has 150 valence electrons. The third kappa shape index (κ3) is 5.09. The number of carbonyl (C=O) groups is 1. The molecule has 28 heavy (non-hydrogen) atoms. The molecule has 6 heteroatoms. The third-order valence-electron chi connectivity index (χ3n) is 5.06. The summed E-state index contributed by atoms with van der Waals surface area (Å²) >= 11 is 0. The zero-order chi connectivity index (χ0) is 20.1. The first kappa shape index (κ1) is 20.3. The van der Waals surface area contributed by atoms with Gasteiger partial charge in [0.1, 0.15) is 23.3 Å². The van der Waals surface area contributed by atoms with Crippen LogP contribution in [0.1, 0.15) is 25.8 Å². The first-order valence-corrected chi connectivity index (χ1v) is 9.62. The number of nitrogens with one attached hydrogen (secondary N) is 1. The number of rotatable bonds is 6. The number of benzene rings is 2. The summed E-state index contributed by atoms with van der Waals surface area (Å²) in [5.74, 6) is -0.0903. The quantitative estimate of drug-likeness (QED) is 0.800. The molecule has 0 bridgehead atoms. The molecule has 1 aliphatic heterocycles. The first-order valence-electron chi connectivity index (χ1n) is 9.62. The Bertz CT molecular complexity index is 825. The number of ether oxygens (including phenoxy) is 1. The second kappa shape index (κ2) is 8.71. The van der Waals surface area contributed by atoms with Crippen LogP contribution < -0.4 is 10.1 Å². The van der Waals surface area contributed by atoms with Crippen LogP contribution in [0.5, 0.6) is 5.75 Å². The molecule has 1 amide bonds. The molecule has 1 aliphatic rings. The van der Waals surface area contributed by atoms with Gasteiger partial charge < -0.3 is 15.2 Å². The summed E-state index contributed by atoms with van der Waals surface area (Å²) in [5, 5.41) is 13.8. The van der Waals surface area contributed by atoms with Crippen LogP contribution in [0.4, 0.5) is 10.1 Å². The number of hydrogen-bond acceptors (Lipinski definition) is 4. The predicted octanol–water partition coefficient (Wildman–Crippen LogP) is 3.23. The van der Waals surface area contributed by atoms with E-state index < -0.39 is 11.7 Å². The van der Waals surface area contributed by atoms with Crippen molar-refractivity contribution in [2.45, 2.75) is 38.4 Å². The zero-order valence-electron chi connectivity index (χ0n) is 16.3. The summed E-state index contributed by atoms with van der Waals surface area (Å²) in [7, 11) is 0. The van der Waals surface area contributed by atoms with Crippen molar-refractivity contribution in [3.05, 3.63) is 59.9 Å². The van der Waals surface area contributed by atoms with Gasteiger partial charge in [-0.15, -0.1) is 0 Å². The number of nitrogens with zero attached hydrogens (tertiary/aromatic N) is 1. The van der Waals surface area contributed by atoms with Gasteiger partial charge >= 0.3 is 0 Å². The molecule has 2 aromatic rings. The van der Waals surface area contributed by atoms with Gasteiger partial charge in [0.05, 0.1) is 6.54 Å². The standard InChI is InChI=1S/C22H27FN2O3/c1-3-16-7-4-5-10-19(16)24-21(26)14-25-12-11-20(22(2,27)15-25)28-18-9-6-8-17(23)13-18/h4-10,13,20,27H,3,11-12,14-15H2,1-2H3,(H,24,26)/t20-,22-/m0/s1. The van der Waals surface area contributed by atoms with Crippen molar-refractivity contribution in [1.82, 2.24) is 4.90 Å². The van der Waals surface area contributed by atoms with E-state index in [-0.39, 0.29) is 18.3 Å². The number of aryl methyl sites for hydroxylation is 1. The maximum Gasteiger partial charge on any atom is 0.238 e. The monoisotopic (exact) mass is 386 g/mol. The zero-order valence-corrected chi connectivity index (χ0v) is 16.3. The van der Waals surface area contributed by atoms with Gasteiger partial charge in [0, 0.05) is 24.8 Å². The van der Waals surface area contributed by atoms with Crippen LogP contribution in [0.3, 0.4) is 0 Å². The van der Waals surface area contributed by atoms with Gasteiger partial charge in [0.25, 0.3) is 0 Å². The maximum atomic E-state index is 13.4. The van der Waals surface area contributed by atoms with Crippen LogP contribution >= 0.6 is 0 Å². The lowest BCUT2D eigenvalue weighted by Gasteiger charge is -2.42. The number of β-amino-alcohol motifs (C(OH)–C–C–N with tert-alkyl or cyclic N) is 1. The summed E-state index contributed by atoms with van der Waals surface area (Å²) in [4.78, 5) is 14.4. The molecule has 2 N–H and O–H groups in total. The van der Waals surface area contributed by atoms with Crippen molar-refractivity contribution >= 4 is 11.6 Å². The van der Waals surface area contributed by atoms with E-state index >= 15 is 0 Å². The highest BCUT2D eigenvalue weighted by molar-refractivity contribution is 5.93. The fourth-order valence-corrected chi connectivity index (χ4v) is 3.61. The lowest BCUT2D eigenvalue weighted by atomic mass is 9.91. The molecule has 2 aromatic carbocycles. The number of piperidine rings is 1. The van der Waals surface area contributed by atoms with Crippen LogP contribution in [0.15, 0.2) is 48.5 Å². The van der Waals surface area contributed by atoms with Crippen molar-refractivity contribution in [1.29, 1.82) is 0 Å². The molecule has 0 unspecified atom stereocenters. The molecule has 0 radical (unpaired) electrons. The molecule has 1 heterocycles. The number of carbonyl (C=O) groups excluding carboxylic acids is 1. The number of para-hydroxylation sites is 1. The van der Waals surface area contributed by atoms with E-state index in [9.17, 15) is 14.3 Å². The Morgan fingerprint density at radius 2 is 2.11 bits per heavy atom. The number of halogens is 1. The van der Waals surface area contributed by atoms with Gasteiger partial charge in [0.15, 0.2) is 0 Å². The Morgan fingerprint density at radius 3 is 2.82 bits per heavy atom. The Kier molecular flexibility index (Phi) is 6.31. The molecule has 1 saturated heterocycles. The van der Waals surface area contributed by atoms with Gasteiger partial charge in [0.2, 0.25) is 5.91 Å². The Hall–Kier alpha value is -2.44. The summed E-state index contributed by atoms with van der Waals surface area (Å²) in [6, 6.07) is 13.6. The highest BCUT2D eigenvalue weighted by Crippen LogP contribution is 2.27. The second-order valence-corrected chi connectivity index (χ2v) is 7.48. The fraction of sp³-hybridized carbons (Fsp3) is 0.409. The van der Waals surface area contributed by atoms with Gasteiger partial charge in [-0.05, 0) is 43.5 Å². The van der Waals surface area contributed by atoms with Gasteiger partial charge in [-0.3, -0.25) is 9.69 Å². The van der Waals surface area contributed by atoms with Crippen molar-refractivity contribution in [2.75, 3.05) is 25.0 Å². The summed E-state index contributed by atoms with van der Waals surface area (Å²) in [6.45, 7) is 4.84. The number of anilines is 1. The maximum absolute atomic E-state index is 13.4. The van der Waals surface area contributed by atoms with Crippen molar-refractivity contribution < 1.29 is 19.0 Å². The molecule has 5 nitrogen and oxygen atoms in total. The molecule has 0 saturated carbocycles. The van der Waals surface area contributed by atoms with Crippen molar-refractivity contribution in [2.24, 2.45) is 0 Å². The minimum absolute atomic E-state index is 0.110.